The second-order valence-corrected chi connectivity index (χ2v) is 4.77. The number of aromatic nitrogens is 4. The summed E-state index contributed by atoms with van der Waals surface area (Å²) in [6.45, 7) is 0.332. The maximum absolute atomic E-state index is 12.4. The van der Waals surface area contributed by atoms with Gasteiger partial charge in [0.05, 0.1) is 22.9 Å². The summed E-state index contributed by atoms with van der Waals surface area (Å²) in [5.41, 5.74) is 2.49. The van der Waals surface area contributed by atoms with Gasteiger partial charge in [0.15, 0.2) is 0 Å². The van der Waals surface area contributed by atoms with Crippen LogP contribution >= 0.6 is 0 Å². The van der Waals surface area contributed by atoms with Crippen molar-refractivity contribution in [1.29, 1.82) is 5.26 Å². The zero-order valence-corrected chi connectivity index (χ0v) is 12.0. The van der Waals surface area contributed by atoms with Crippen LogP contribution in [-0.4, -0.2) is 26.1 Å². The van der Waals surface area contributed by atoms with Crippen molar-refractivity contribution < 1.29 is 4.79 Å². The average molecular weight is 304 g/mol. The smallest absolute Gasteiger partial charge is 0.253 e. The molecular weight excluding hydrogens is 292 g/mol. The van der Waals surface area contributed by atoms with Gasteiger partial charge >= 0.3 is 0 Å². The van der Waals surface area contributed by atoms with E-state index < -0.39 is 0 Å². The summed E-state index contributed by atoms with van der Waals surface area (Å²) in [5, 5.41) is 22.7. The van der Waals surface area contributed by atoms with E-state index in [4.69, 9.17) is 5.26 Å². The number of carbonyl (C=O) groups excluding carboxylic acids is 1. The third kappa shape index (κ3) is 3.22. The number of rotatable bonds is 4. The number of nitrogens with one attached hydrogen (secondary N) is 1. The maximum Gasteiger partial charge on any atom is 0.253 e. The van der Waals surface area contributed by atoms with Crippen molar-refractivity contribution in [2.45, 2.75) is 6.54 Å². The Balaban J connectivity index is 1.78. The van der Waals surface area contributed by atoms with E-state index in [0.717, 1.165) is 5.56 Å². The van der Waals surface area contributed by atoms with Crippen LogP contribution in [0.25, 0.3) is 5.69 Å². The van der Waals surface area contributed by atoms with Crippen LogP contribution in [0.3, 0.4) is 0 Å². The second-order valence-electron chi connectivity index (χ2n) is 4.77. The highest BCUT2D eigenvalue weighted by molar-refractivity contribution is 5.97. The summed E-state index contributed by atoms with van der Waals surface area (Å²) >= 11 is 0. The summed E-state index contributed by atoms with van der Waals surface area (Å²) in [7, 11) is 0. The van der Waals surface area contributed by atoms with Gasteiger partial charge in [0.2, 0.25) is 0 Å². The molecule has 112 valence electrons. The van der Waals surface area contributed by atoms with E-state index in [1.54, 1.807) is 36.4 Å². The van der Waals surface area contributed by atoms with Crippen LogP contribution < -0.4 is 5.32 Å². The van der Waals surface area contributed by atoms with Gasteiger partial charge in [-0.1, -0.05) is 24.3 Å². The minimum atomic E-state index is -0.238. The lowest BCUT2D eigenvalue weighted by Gasteiger charge is -2.09. The van der Waals surface area contributed by atoms with E-state index in [9.17, 15) is 4.79 Å². The molecule has 1 aromatic heterocycles. The third-order valence-corrected chi connectivity index (χ3v) is 3.25. The molecule has 0 aliphatic heterocycles. The molecule has 0 saturated heterocycles. The zero-order chi connectivity index (χ0) is 16.1. The topological polar surface area (TPSA) is 96.5 Å². The molecule has 0 atom stereocenters. The molecule has 3 rings (SSSR count). The number of carbonyl (C=O) groups is 1. The first kappa shape index (κ1) is 14.4. The molecule has 23 heavy (non-hydrogen) atoms. The van der Waals surface area contributed by atoms with Gasteiger partial charge in [-0.15, -0.1) is 5.10 Å². The van der Waals surface area contributed by atoms with Gasteiger partial charge in [-0.2, -0.15) is 9.94 Å². The summed E-state index contributed by atoms with van der Waals surface area (Å²) in [6.07, 6.45) is 1.43. The van der Waals surface area contributed by atoms with E-state index in [1.807, 2.05) is 12.1 Å². The minimum absolute atomic E-state index is 0.238. The quantitative estimate of drug-likeness (QED) is 0.787. The monoisotopic (exact) mass is 304 g/mol. The molecule has 0 fully saturated rings. The minimum Gasteiger partial charge on any atom is -0.348 e. The van der Waals surface area contributed by atoms with Crippen molar-refractivity contribution in [3.05, 3.63) is 71.5 Å². The van der Waals surface area contributed by atoms with Crippen LogP contribution in [0.1, 0.15) is 21.5 Å². The Morgan fingerprint density at radius 2 is 2.09 bits per heavy atom. The molecule has 0 saturated carbocycles. The SMILES string of the molecule is N#Cc1cccc(CNC(=O)c2ccccc2-n2cnnn2)c1. The van der Waals surface area contributed by atoms with Gasteiger partial charge in [0.1, 0.15) is 6.33 Å². The van der Waals surface area contributed by atoms with Gasteiger partial charge < -0.3 is 5.32 Å². The second kappa shape index (κ2) is 6.49. The van der Waals surface area contributed by atoms with Crippen molar-refractivity contribution in [2.24, 2.45) is 0 Å². The molecule has 1 N–H and O–H groups in total. The third-order valence-electron chi connectivity index (χ3n) is 3.25. The molecule has 0 aliphatic carbocycles. The Kier molecular flexibility index (Phi) is 4.07. The molecule has 0 spiro atoms. The average Bonchev–Trinajstić information content (AvgIpc) is 3.14. The van der Waals surface area contributed by atoms with Crippen LogP contribution in [0.4, 0.5) is 0 Å². The Hall–Kier alpha value is -3.53. The Morgan fingerprint density at radius 1 is 1.22 bits per heavy atom. The first-order chi connectivity index (χ1) is 11.3. The van der Waals surface area contributed by atoms with Crippen molar-refractivity contribution in [3.8, 4) is 11.8 Å². The molecule has 1 heterocycles. The Labute approximate surface area is 132 Å². The fourth-order valence-electron chi connectivity index (χ4n) is 2.17. The highest BCUT2D eigenvalue weighted by atomic mass is 16.1. The van der Waals surface area contributed by atoms with Gasteiger partial charge in [0.25, 0.3) is 5.91 Å². The Bertz CT molecular complexity index is 866. The molecular formula is C16H12N6O. The fourth-order valence-corrected chi connectivity index (χ4v) is 2.17. The highest BCUT2D eigenvalue weighted by Crippen LogP contribution is 2.13. The fraction of sp³-hybridized carbons (Fsp3) is 0.0625. The van der Waals surface area contributed by atoms with Gasteiger partial charge in [-0.25, -0.2) is 0 Å². The number of amides is 1. The van der Waals surface area contributed by atoms with Crippen molar-refractivity contribution in [3.63, 3.8) is 0 Å². The van der Waals surface area contributed by atoms with Gasteiger partial charge in [-0.3, -0.25) is 4.79 Å². The molecule has 0 radical (unpaired) electrons. The number of hydrogen-bond acceptors (Lipinski definition) is 5. The summed E-state index contributed by atoms with van der Waals surface area (Å²) < 4.78 is 1.44. The number of hydrogen-bond donors (Lipinski definition) is 1. The molecule has 7 heteroatoms. The zero-order valence-electron chi connectivity index (χ0n) is 12.0. The van der Waals surface area contributed by atoms with E-state index in [-0.39, 0.29) is 5.91 Å². The van der Waals surface area contributed by atoms with E-state index >= 15 is 0 Å². The number of para-hydroxylation sites is 1. The standard InChI is InChI=1S/C16H12N6O/c17-9-12-4-3-5-13(8-12)10-18-16(23)14-6-1-2-7-15(14)22-11-19-20-21-22/h1-8,11H,10H2,(H,18,23). The van der Waals surface area contributed by atoms with Crippen molar-refractivity contribution >= 4 is 5.91 Å². The van der Waals surface area contributed by atoms with Crippen LogP contribution in [0.15, 0.2) is 54.9 Å². The van der Waals surface area contributed by atoms with Crippen molar-refractivity contribution in [2.75, 3.05) is 0 Å². The number of tetrazole rings is 1. The summed E-state index contributed by atoms with van der Waals surface area (Å²) in [6, 6.07) is 16.2. The Morgan fingerprint density at radius 3 is 2.87 bits per heavy atom. The van der Waals surface area contributed by atoms with Crippen LogP contribution in [0, 0.1) is 11.3 Å². The first-order valence-electron chi connectivity index (χ1n) is 6.87. The lowest BCUT2D eigenvalue weighted by atomic mass is 10.1. The normalized spacial score (nSPS) is 10.0. The molecule has 0 unspecified atom stereocenters. The molecule has 7 nitrogen and oxygen atoms in total. The summed E-state index contributed by atoms with van der Waals surface area (Å²) in [5.74, 6) is -0.238. The molecule has 3 aromatic rings. The largest absolute Gasteiger partial charge is 0.348 e. The van der Waals surface area contributed by atoms with Crippen LogP contribution in [0.5, 0.6) is 0 Å². The number of benzene rings is 2. The maximum atomic E-state index is 12.4. The summed E-state index contributed by atoms with van der Waals surface area (Å²) in [4.78, 5) is 12.4. The molecule has 2 aromatic carbocycles. The van der Waals surface area contributed by atoms with Gasteiger partial charge in [0, 0.05) is 6.54 Å². The number of nitrogens with zero attached hydrogens (tertiary/aromatic N) is 5. The van der Waals surface area contributed by atoms with Crippen molar-refractivity contribution in [1.82, 2.24) is 25.5 Å². The van der Waals surface area contributed by atoms with Crippen LogP contribution in [0.2, 0.25) is 0 Å². The van der Waals surface area contributed by atoms with E-state index in [1.165, 1.54) is 11.0 Å². The lowest BCUT2D eigenvalue weighted by Crippen LogP contribution is -2.24. The molecule has 1 amide bonds. The van der Waals surface area contributed by atoms with Crippen LogP contribution in [-0.2, 0) is 6.54 Å². The lowest BCUT2D eigenvalue weighted by molar-refractivity contribution is 0.0950. The molecule has 0 bridgehead atoms. The van der Waals surface area contributed by atoms with E-state index in [2.05, 4.69) is 26.9 Å². The predicted octanol–water partition coefficient (Wildman–Crippen LogP) is 1.46. The number of nitriles is 1. The predicted molar refractivity (Wildman–Crippen MR) is 81.5 cm³/mol. The van der Waals surface area contributed by atoms with Gasteiger partial charge in [-0.05, 0) is 40.3 Å². The highest BCUT2D eigenvalue weighted by Gasteiger charge is 2.12. The first-order valence-corrected chi connectivity index (χ1v) is 6.87. The molecule has 0 aliphatic rings. The van der Waals surface area contributed by atoms with E-state index in [0.29, 0.717) is 23.4 Å².